The summed E-state index contributed by atoms with van der Waals surface area (Å²) in [6, 6.07) is 22.4. The van der Waals surface area contributed by atoms with Crippen molar-refractivity contribution in [3.05, 3.63) is 94.3 Å². The van der Waals surface area contributed by atoms with Crippen LogP contribution in [-0.4, -0.2) is 42.5 Å². The average molecular weight is 489 g/mol. The molecule has 0 amide bonds. The van der Waals surface area contributed by atoms with Gasteiger partial charge in [-0.2, -0.15) is 0 Å². The average Bonchev–Trinajstić information content (AvgIpc) is 2.96. The number of rotatable bonds is 4. The Bertz CT molecular complexity index is 1050. The van der Waals surface area contributed by atoms with Crippen LogP contribution in [0.4, 0.5) is 4.39 Å². The monoisotopic (exact) mass is 488 g/mol. The lowest BCUT2D eigenvalue weighted by atomic mass is 9.96. The highest BCUT2D eigenvalue weighted by atomic mass is 35.5. The van der Waals surface area contributed by atoms with Gasteiger partial charge in [0, 0.05) is 53.6 Å². The van der Waals surface area contributed by atoms with Gasteiger partial charge in [0.05, 0.1) is 0 Å². The molecular weight excluding hydrogens is 462 g/mol. The van der Waals surface area contributed by atoms with Crippen molar-refractivity contribution in [2.75, 3.05) is 32.7 Å². The molecule has 32 heavy (non-hydrogen) atoms. The van der Waals surface area contributed by atoms with Crippen LogP contribution < -0.4 is 0 Å². The zero-order valence-corrected chi connectivity index (χ0v) is 20.2. The van der Waals surface area contributed by atoms with Crippen molar-refractivity contribution in [3.63, 3.8) is 0 Å². The fraction of sp³-hybridized carbons (Fsp3) is 0.308. The number of halogens is 3. The van der Waals surface area contributed by atoms with Crippen molar-refractivity contribution in [1.82, 2.24) is 9.80 Å². The molecule has 3 aromatic rings. The Morgan fingerprint density at radius 1 is 0.906 bits per heavy atom. The van der Waals surface area contributed by atoms with Gasteiger partial charge in [-0.05, 0) is 65.9 Å². The fourth-order valence-corrected chi connectivity index (χ4v) is 5.94. The van der Waals surface area contributed by atoms with Gasteiger partial charge in [-0.1, -0.05) is 53.7 Å². The molecule has 1 atom stereocenters. The van der Waals surface area contributed by atoms with Crippen LogP contribution >= 0.6 is 35.8 Å². The van der Waals surface area contributed by atoms with Gasteiger partial charge in [0.1, 0.15) is 5.82 Å². The lowest BCUT2D eigenvalue weighted by Gasteiger charge is -2.39. The van der Waals surface area contributed by atoms with Crippen molar-refractivity contribution in [1.29, 1.82) is 0 Å². The Morgan fingerprint density at radius 2 is 1.66 bits per heavy atom. The Hall–Kier alpha value is -1.56. The van der Waals surface area contributed by atoms with Crippen molar-refractivity contribution < 1.29 is 4.39 Å². The van der Waals surface area contributed by atoms with E-state index in [4.69, 9.17) is 11.6 Å². The van der Waals surface area contributed by atoms with E-state index >= 15 is 0 Å². The highest BCUT2D eigenvalue weighted by Crippen LogP contribution is 2.43. The summed E-state index contributed by atoms with van der Waals surface area (Å²) in [6.07, 6.45) is 1.98. The van der Waals surface area contributed by atoms with Gasteiger partial charge in [0.15, 0.2) is 0 Å². The van der Waals surface area contributed by atoms with Gasteiger partial charge in [0.2, 0.25) is 0 Å². The SMILES string of the molecule is Cl.Fc1ccc(CCN2CCN(C3Cc4ccccc4Sc4ccc(Cl)cc43)CC2)cc1. The summed E-state index contributed by atoms with van der Waals surface area (Å²) in [5, 5.41) is 0.813. The zero-order valence-electron chi connectivity index (χ0n) is 17.8. The molecular formula is C26H27Cl2FN2S. The van der Waals surface area contributed by atoms with Gasteiger partial charge < -0.3 is 4.90 Å². The maximum Gasteiger partial charge on any atom is 0.123 e. The molecule has 0 spiro atoms. The molecule has 1 saturated heterocycles. The third kappa shape index (κ3) is 5.32. The van der Waals surface area contributed by atoms with E-state index in [1.54, 1.807) is 12.1 Å². The molecule has 0 aromatic heterocycles. The lowest BCUT2D eigenvalue weighted by Crippen LogP contribution is -2.48. The van der Waals surface area contributed by atoms with Crippen LogP contribution in [0, 0.1) is 5.82 Å². The van der Waals surface area contributed by atoms with Crippen LogP contribution in [0.3, 0.4) is 0 Å². The molecule has 0 aliphatic carbocycles. The Morgan fingerprint density at radius 3 is 2.44 bits per heavy atom. The van der Waals surface area contributed by atoms with E-state index in [2.05, 4.69) is 46.2 Å². The molecule has 1 fully saturated rings. The molecule has 0 N–H and O–H groups in total. The smallest absolute Gasteiger partial charge is 0.123 e. The number of nitrogens with zero attached hydrogens (tertiary/aromatic N) is 2. The normalized spacial score (nSPS) is 18.9. The quantitative estimate of drug-likeness (QED) is 0.413. The van der Waals surface area contributed by atoms with Gasteiger partial charge in [-0.3, -0.25) is 4.90 Å². The summed E-state index contributed by atoms with van der Waals surface area (Å²) in [5.74, 6) is -0.166. The second-order valence-electron chi connectivity index (χ2n) is 8.37. The van der Waals surface area contributed by atoms with Gasteiger partial charge in [-0.15, -0.1) is 12.4 Å². The summed E-state index contributed by atoms with van der Waals surface area (Å²) >= 11 is 8.28. The van der Waals surface area contributed by atoms with Crippen LogP contribution in [-0.2, 0) is 12.8 Å². The Kier molecular flexibility index (Phi) is 7.80. The second kappa shape index (κ2) is 10.6. The molecule has 1 unspecified atom stereocenters. The number of piperazine rings is 1. The second-order valence-corrected chi connectivity index (χ2v) is 9.89. The highest BCUT2D eigenvalue weighted by Gasteiger charge is 2.30. The summed E-state index contributed by atoms with van der Waals surface area (Å²) in [7, 11) is 0. The van der Waals surface area contributed by atoms with Gasteiger partial charge >= 0.3 is 0 Å². The first kappa shape index (κ1) is 23.6. The standard InChI is InChI=1S/C26H26ClFN2S.ClH/c27-21-7-10-26-23(18-21)24(17-20-3-1-2-4-25(20)31-26)30-15-13-29(14-16-30)12-11-19-5-8-22(28)9-6-19;/h1-10,18,24H,11-17H2;1H. The summed E-state index contributed by atoms with van der Waals surface area (Å²) in [5.41, 5.74) is 3.97. The first-order valence-electron chi connectivity index (χ1n) is 10.9. The zero-order chi connectivity index (χ0) is 21.2. The third-order valence-electron chi connectivity index (χ3n) is 6.41. The van der Waals surface area contributed by atoms with Crippen molar-refractivity contribution >= 4 is 35.8 Å². The van der Waals surface area contributed by atoms with E-state index < -0.39 is 0 Å². The molecule has 5 rings (SSSR count). The van der Waals surface area contributed by atoms with Crippen LogP contribution in [0.1, 0.15) is 22.7 Å². The molecule has 2 heterocycles. The third-order valence-corrected chi connectivity index (χ3v) is 7.86. The minimum atomic E-state index is -0.166. The molecule has 0 saturated carbocycles. The first-order chi connectivity index (χ1) is 15.2. The largest absolute Gasteiger partial charge is 0.300 e. The van der Waals surface area contributed by atoms with Crippen molar-refractivity contribution in [3.8, 4) is 0 Å². The molecule has 2 aliphatic rings. The molecule has 0 bridgehead atoms. The molecule has 168 valence electrons. The molecule has 2 aliphatic heterocycles. The Balaban J connectivity index is 0.00000245. The van der Waals surface area contributed by atoms with Crippen molar-refractivity contribution in [2.24, 2.45) is 0 Å². The molecule has 3 aromatic carbocycles. The van der Waals surface area contributed by atoms with E-state index in [-0.39, 0.29) is 18.2 Å². The summed E-state index contributed by atoms with van der Waals surface area (Å²) in [4.78, 5) is 7.83. The molecule has 2 nitrogen and oxygen atoms in total. The van der Waals surface area contributed by atoms with Crippen molar-refractivity contribution in [2.45, 2.75) is 28.7 Å². The highest BCUT2D eigenvalue weighted by molar-refractivity contribution is 7.99. The molecule has 0 radical (unpaired) electrons. The lowest BCUT2D eigenvalue weighted by molar-refractivity contribution is 0.0951. The predicted molar refractivity (Wildman–Crippen MR) is 134 cm³/mol. The fourth-order valence-electron chi connectivity index (χ4n) is 4.64. The van der Waals surface area contributed by atoms with Crippen LogP contribution in [0.2, 0.25) is 5.02 Å². The first-order valence-corrected chi connectivity index (χ1v) is 12.1. The van der Waals surface area contributed by atoms with Crippen LogP contribution in [0.5, 0.6) is 0 Å². The van der Waals surface area contributed by atoms with E-state index in [1.165, 1.54) is 26.5 Å². The Labute approximate surface area is 205 Å². The number of benzene rings is 3. The molecule has 6 heteroatoms. The maximum atomic E-state index is 13.1. The maximum absolute atomic E-state index is 13.1. The van der Waals surface area contributed by atoms with Gasteiger partial charge in [0.25, 0.3) is 0 Å². The van der Waals surface area contributed by atoms with Crippen LogP contribution in [0.15, 0.2) is 76.5 Å². The number of hydrogen-bond acceptors (Lipinski definition) is 3. The predicted octanol–water partition coefficient (Wildman–Crippen LogP) is 6.51. The number of hydrogen-bond donors (Lipinski definition) is 0. The minimum Gasteiger partial charge on any atom is -0.300 e. The summed E-state index contributed by atoms with van der Waals surface area (Å²) < 4.78 is 13.1. The van der Waals surface area contributed by atoms with E-state index in [0.717, 1.165) is 50.6 Å². The topological polar surface area (TPSA) is 6.48 Å². The van der Waals surface area contributed by atoms with Gasteiger partial charge in [-0.25, -0.2) is 4.39 Å². The van der Waals surface area contributed by atoms with E-state index in [0.29, 0.717) is 6.04 Å². The van der Waals surface area contributed by atoms with E-state index in [1.807, 2.05) is 30.0 Å². The van der Waals surface area contributed by atoms with Crippen LogP contribution in [0.25, 0.3) is 0 Å². The number of fused-ring (bicyclic) bond motifs is 2. The minimum absolute atomic E-state index is 0. The van der Waals surface area contributed by atoms with E-state index in [9.17, 15) is 4.39 Å². The summed E-state index contributed by atoms with van der Waals surface area (Å²) in [6.45, 7) is 5.23.